The molecular weight excluding hydrogens is 256 g/mol. The van der Waals surface area contributed by atoms with Gasteiger partial charge in [0.15, 0.2) is 5.76 Å². The van der Waals surface area contributed by atoms with Crippen LogP contribution in [0.1, 0.15) is 17.9 Å². The highest BCUT2D eigenvalue weighted by atomic mass is 16.4. The van der Waals surface area contributed by atoms with Crippen LogP contribution in [0.2, 0.25) is 0 Å². The minimum atomic E-state index is -0.801. The molecule has 20 heavy (non-hydrogen) atoms. The van der Waals surface area contributed by atoms with Crippen molar-refractivity contribution in [2.24, 2.45) is 0 Å². The third-order valence-electron chi connectivity index (χ3n) is 3.00. The summed E-state index contributed by atoms with van der Waals surface area (Å²) in [4.78, 5) is 16.6. The van der Waals surface area contributed by atoms with Gasteiger partial charge in [-0.05, 0) is 14.0 Å². The molecule has 5 nitrogen and oxygen atoms in total. The summed E-state index contributed by atoms with van der Waals surface area (Å²) < 4.78 is 5.69. The number of aliphatic carboxylic acids is 1. The number of aromatic nitrogens is 1. The molecule has 2 aromatic rings. The second-order valence-corrected chi connectivity index (χ2v) is 4.87. The Morgan fingerprint density at radius 1 is 1.35 bits per heavy atom. The molecular formula is C15H18N2O3. The van der Waals surface area contributed by atoms with Crippen molar-refractivity contribution in [2.45, 2.75) is 19.9 Å². The Labute approximate surface area is 117 Å². The number of rotatable bonds is 6. The van der Waals surface area contributed by atoms with Crippen molar-refractivity contribution in [3.63, 3.8) is 0 Å². The molecule has 0 atom stereocenters. The van der Waals surface area contributed by atoms with E-state index >= 15 is 0 Å². The van der Waals surface area contributed by atoms with Gasteiger partial charge >= 0.3 is 5.97 Å². The van der Waals surface area contributed by atoms with Crippen molar-refractivity contribution in [1.82, 2.24) is 9.88 Å². The maximum atomic E-state index is 10.5. The lowest BCUT2D eigenvalue weighted by Crippen LogP contribution is -2.21. The molecule has 0 bridgehead atoms. The molecule has 0 fully saturated rings. The molecule has 106 valence electrons. The molecule has 2 rings (SSSR count). The number of carboxylic acids is 1. The highest BCUT2D eigenvalue weighted by Gasteiger charge is 2.09. The van der Waals surface area contributed by atoms with E-state index in [2.05, 4.69) is 4.98 Å². The fourth-order valence-corrected chi connectivity index (χ4v) is 1.83. The van der Waals surface area contributed by atoms with Crippen LogP contribution in [0, 0.1) is 6.92 Å². The van der Waals surface area contributed by atoms with E-state index in [1.807, 2.05) is 43.1 Å². The first-order valence-corrected chi connectivity index (χ1v) is 6.46. The molecule has 0 saturated carbocycles. The highest BCUT2D eigenvalue weighted by Crippen LogP contribution is 2.21. The summed E-state index contributed by atoms with van der Waals surface area (Å²) in [6.07, 6.45) is 1.81. The molecule has 5 heteroatoms. The lowest BCUT2D eigenvalue weighted by molar-refractivity contribution is -0.137. The van der Waals surface area contributed by atoms with Crippen LogP contribution in [0.3, 0.4) is 0 Å². The number of carbonyl (C=O) groups is 1. The van der Waals surface area contributed by atoms with Gasteiger partial charge < -0.3 is 9.52 Å². The zero-order valence-corrected chi connectivity index (χ0v) is 11.7. The molecule has 1 N–H and O–H groups in total. The second-order valence-electron chi connectivity index (χ2n) is 4.87. The summed E-state index contributed by atoms with van der Waals surface area (Å²) in [6, 6.07) is 8.04. The predicted octanol–water partition coefficient (Wildman–Crippen LogP) is 2.56. The van der Waals surface area contributed by atoms with Crippen LogP contribution < -0.4 is 0 Å². The third kappa shape index (κ3) is 3.93. The van der Waals surface area contributed by atoms with Crippen molar-refractivity contribution in [2.75, 3.05) is 13.6 Å². The molecule has 0 aliphatic heterocycles. The maximum Gasteiger partial charge on any atom is 0.304 e. The summed E-state index contributed by atoms with van der Waals surface area (Å²) >= 11 is 0. The molecule has 1 aromatic carbocycles. The first-order chi connectivity index (χ1) is 9.54. The summed E-state index contributed by atoms with van der Waals surface area (Å²) in [5.41, 5.74) is 2.18. The van der Waals surface area contributed by atoms with E-state index in [1.54, 1.807) is 6.20 Å². The molecule has 0 aliphatic rings. The Bertz CT molecular complexity index is 575. The third-order valence-corrected chi connectivity index (χ3v) is 3.00. The molecule has 0 unspecified atom stereocenters. The summed E-state index contributed by atoms with van der Waals surface area (Å²) in [5.74, 6) is 0.518. The molecule has 0 spiro atoms. The Morgan fingerprint density at radius 3 is 2.70 bits per heavy atom. The van der Waals surface area contributed by atoms with Crippen LogP contribution in [-0.2, 0) is 11.3 Å². The SMILES string of the molecule is Cc1ccc(-c2cnc(CN(C)CCC(=O)O)o2)cc1. The van der Waals surface area contributed by atoms with E-state index in [9.17, 15) is 4.79 Å². The van der Waals surface area contributed by atoms with Gasteiger partial charge in [0.1, 0.15) is 0 Å². The minimum absolute atomic E-state index is 0.113. The first kappa shape index (κ1) is 14.3. The van der Waals surface area contributed by atoms with E-state index < -0.39 is 5.97 Å². The number of hydrogen-bond acceptors (Lipinski definition) is 4. The average Bonchev–Trinajstić information content (AvgIpc) is 2.85. The van der Waals surface area contributed by atoms with Gasteiger partial charge in [-0.2, -0.15) is 0 Å². The number of benzene rings is 1. The number of aryl methyl sites for hydroxylation is 1. The van der Waals surface area contributed by atoms with E-state index in [-0.39, 0.29) is 6.42 Å². The van der Waals surface area contributed by atoms with E-state index in [1.165, 1.54) is 5.56 Å². The number of carboxylic acid groups (broad SMARTS) is 1. The molecule has 1 heterocycles. The Hall–Kier alpha value is -2.14. The largest absolute Gasteiger partial charge is 0.481 e. The fourth-order valence-electron chi connectivity index (χ4n) is 1.83. The van der Waals surface area contributed by atoms with Gasteiger partial charge in [-0.3, -0.25) is 9.69 Å². The molecule has 0 saturated heterocycles. The van der Waals surface area contributed by atoms with Gasteiger partial charge in [-0.1, -0.05) is 29.8 Å². The lowest BCUT2D eigenvalue weighted by atomic mass is 10.1. The quantitative estimate of drug-likeness (QED) is 0.876. The lowest BCUT2D eigenvalue weighted by Gasteiger charge is -2.12. The van der Waals surface area contributed by atoms with Gasteiger partial charge in [0.05, 0.1) is 19.2 Å². The Balaban J connectivity index is 1.98. The fraction of sp³-hybridized carbons (Fsp3) is 0.333. The topological polar surface area (TPSA) is 66.6 Å². The van der Waals surface area contributed by atoms with Crippen molar-refractivity contribution in [1.29, 1.82) is 0 Å². The van der Waals surface area contributed by atoms with E-state index in [0.29, 0.717) is 19.0 Å². The average molecular weight is 274 g/mol. The second kappa shape index (κ2) is 6.34. The van der Waals surface area contributed by atoms with Crippen molar-refractivity contribution in [3.05, 3.63) is 41.9 Å². The minimum Gasteiger partial charge on any atom is -0.481 e. The van der Waals surface area contributed by atoms with Crippen molar-refractivity contribution >= 4 is 5.97 Å². The van der Waals surface area contributed by atoms with Crippen LogP contribution in [-0.4, -0.2) is 34.6 Å². The van der Waals surface area contributed by atoms with Gasteiger partial charge in [-0.25, -0.2) is 4.98 Å². The van der Waals surface area contributed by atoms with E-state index in [0.717, 1.165) is 11.3 Å². The Morgan fingerprint density at radius 2 is 2.05 bits per heavy atom. The summed E-state index contributed by atoms with van der Waals surface area (Å²) in [7, 11) is 1.85. The van der Waals surface area contributed by atoms with Gasteiger partial charge in [0.2, 0.25) is 5.89 Å². The molecule has 0 amide bonds. The Kier molecular flexibility index (Phi) is 4.53. The van der Waals surface area contributed by atoms with Crippen LogP contribution in [0.25, 0.3) is 11.3 Å². The predicted molar refractivity (Wildman–Crippen MR) is 75.3 cm³/mol. The maximum absolute atomic E-state index is 10.5. The van der Waals surface area contributed by atoms with Crippen molar-refractivity contribution in [3.8, 4) is 11.3 Å². The van der Waals surface area contributed by atoms with Gasteiger partial charge in [0, 0.05) is 12.1 Å². The monoisotopic (exact) mass is 274 g/mol. The normalized spacial score (nSPS) is 10.9. The zero-order valence-electron chi connectivity index (χ0n) is 11.7. The summed E-state index contributed by atoms with van der Waals surface area (Å²) in [6.45, 7) is 3.00. The van der Waals surface area contributed by atoms with Crippen LogP contribution in [0.5, 0.6) is 0 Å². The first-order valence-electron chi connectivity index (χ1n) is 6.46. The molecule has 0 aliphatic carbocycles. The molecule has 1 aromatic heterocycles. The van der Waals surface area contributed by atoms with Gasteiger partial charge in [0.25, 0.3) is 0 Å². The number of hydrogen-bond donors (Lipinski definition) is 1. The van der Waals surface area contributed by atoms with Crippen LogP contribution in [0.4, 0.5) is 0 Å². The summed E-state index contributed by atoms with van der Waals surface area (Å²) in [5, 5.41) is 8.64. The van der Waals surface area contributed by atoms with Crippen molar-refractivity contribution < 1.29 is 14.3 Å². The van der Waals surface area contributed by atoms with Gasteiger partial charge in [-0.15, -0.1) is 0 Å². The van der Waals surface area contributed by atoms with E-state index in [4.69, 9.17) is 9.52 Å². The zero-order chi connectivity index (χ0) is 14.5. The number of oxazole rings is 1. The smallest absolute Gasteiger partial charge is 0.304 e. The van der Waals surface area contributed by atoms with Crippen LogP contribution >= 0.6 is 0 Å². The number of nitrogens with zero attached hydrogens (tertiary/aromatic N) is 2. The van der Waals surface area contributed by atoms with Crippen LogP contribution in [0.15, 0.2) is 34.9 Å². The molecule has 0 radical (unpaired) electrons. The standard InChI is InChI=1S/C15H18N2O3/c1-11-3-5-12(6-4-11)13-9-16-14(20-13)10-17(2)8-7-15(18)19/h3-6,9H,7-8,10H2,1-2H3,(H,18,19). The highest BCUT2D eigenvalue weighted by molar-refractivity contribution is 5.66.